The highest BCUT2D eigenvalue weighted by Crippen LogP contribution is 2.32. The number of carbonyl (C=O) groups excluding carboxylic acids is 2. The first-order chi connectivity index (χ1) is 18.9. The van der Waals surface area contributed by atoms with Crippen LogP contribution in [0, 0.1) is 0 Å². The van der Waals surface area contributed by atoms with Gasteiger partial charge in [-0.2, -0.15) is 0 Å². The maximum atomic E-state index is 13.0. The standard InChI is InChI=1S/C30H32N2O6S/c1-5-37-27(33)19-32(17-23-13-14-24(35-3)16-26(23)36-4)18-25-28(30(34)38-6-2)39-29(31-25)22-12-11-20-9-7-8-10-21(20)15-22/h7-16H,5-6,17-19H2,1-4H3. The van der Waals surface area contributed by atoms with Gasteiger partial charge in [-0.3, -0.25) is 9.69 Å². The number of hydrogen-bond donors (Lipinski definition) is 0. The summed E-state index contributed by atoms with van der Waals surface area (Å²) in [7, 11) is 3.18. The number of hydrogen-bond acceptors (Lipinski definition) is 9. The summed E-state index contributed by atoms with van der Waals surface area (Å²) in [5.74, 6) is 0.489. The smallest absolute Gasteiger partial charge is 0.350 e. The predicted octanol–water partition coefficient (Wildman–Crippen LogP) is 5.72. The maximum Gasteiger partial charge on any atom is 0.350 e. The van der Waals surface area contributed by atoms with Gasteiger partial charge < -0.3 is 18.9 Å². The van der Waals surface area contributed by atoms with Crippen LogP contribution < -0.4 is 9.47 Å². The lowest BCUT2D eigenvalue weighted by Crippen LogP contribution is -2.31. The van der Waals surface area contributed by atoms with Crippen LogP contribution in [-0.2, 0) is 27.4 Å². The van der Waals surface area contributed by atoms with Gasteiger partial charge in [0.25, 0.3) is 0 Å². The van der Waals surface area contributed by atoms with Crippen LogP contribution >= 0.6 is 11.3 Å². The van der Waals surface area contributed by atoms with Crippen molar-refractivity contribution in [1.29, 1.82) is 0 Å². The van der Waals surface area contributed by atoms with Crippen LogP contribution in [0.4, 0.5) is 0 Å². The van der Waals surface area contributed by atoms with Crippen molar-refractivity contribution in [2.45, 2.75) is 26.9 Å². The maximum absolute atomic E-state index is 13.0. The highest BCUT2D eigenvalue weighted by Gasteiger charge is 2.24. The van der Waals surface area contributed by atoms with Crippen LogP contribution in [0.1, 0.15) is 34.8 Å². The topological polar surface area (TPSA) is 87.2 Å². The molecule has 1 aromatic heterocycles. The van der Waals surface area contributed by atoms with E-state index in [4.69, 9.17) is 23.9 Å². The molecular formula is C30H32N2O6S. The van der Waals surface area contributed by atoms with Gasteiger partial charge in [0, 0.05) is 30.3 Å². The number of nitrogens with zero attached hydrogens (tertiary/aromatic N) is 2. The third-order valence-electron chi connectivity index (χ3n) is 6.07. The van der Waals surface area contributed by atoms with Gasteiger partial charge in [0.05, 0.1) is 39.7 Å². The molecule has 0 fully saturated rings. The second-order valence-corrected chi connectivity index (χ2v) is 9.70. The summed E-state index contributed by atoms with van der Waals surface area (Å²) < 4.78 is 21.5. The Hall–Kier alpha value is -3.95. The number of benzene rings is 3. The third kappa shape index (κ3) is 6.93. The van der Waals surface area contributed by atoms with Crippen LogP contribution in [0.15, 0.2) is 60.7 Å². The lowest BCUT2D eigenvalue weighted by molar-refractivity contribution is -0.144. The molecule has 204 valence electrons. The largest absolute Gasteiger partial charge is 0.497 e. The zero-order valence-electron chi connectivity index (χ0n) is 22.6. The summed E-state index contributed by atoms with van der Waals surface area (Å²) >= 11 is 1.29. The number of rotatable bonds is 12. The Morgan fingerprint density at radius 2 is 1.64 bits per heavy atom. The van der Waals surface area contributed by atoms with E-state index in [1.807, 2.05) is 47.4 Å². The number of aromatic nitrogens is 1. The van der Waals surface area contributed by atoms with Crippen molar-refractivity contribution in [1.82, 2.24) is 9.88 Å². The molecule has 0 N–H and O–H groups in total. The van der Waals surface area contributed by atoms with E-state index >= 15 is 0 Å². The molecule has 0 radical (unpaired) electrons. The van der Waals surface area contributed by atoms with Crippen LogP contribution in [0.5, 0.6) is 11.5 Å². The van der Waals surface area contributed by atoms with Crippen molar-refractivity contribution in [3.05, 3.63) is 76.8 Å². The van der Waals surface area contributed by atoms with Crippen molar-refractivity contribution in [3.63, 3.8) is 0 Å². The molecule has 0 amide bonds. The van der Waals surface area contributed by atoms with Crippen molar-refractivity contribution >= 4 is 34.0 Å². The number of carbonyl (C=O) groups is 2. The van der Waals surface area contributed by atoms with E-state index in [0.717, 1.165) is 21.9 Å². The number of esters is 2. The van der Waals surface area contributed by atoms with Crippen molar-refractivity contribution in [2.75, 3.05) is 34.0 Å². The quantitative estimate of drug-likeness (QED) is 0.208. The Morgan fingerprint density at radius 1 is 0.872 bits per heavy atom. The first-order valence-corrected chi connectivity index (χ1v) is 13.5. The first-order valence-electron chi connectivity index (χ1n) is 12.7. The molecule has 0 unspecified atom stereocenters. The molecule has 0 bridgehead atoms. The third-order valence-corrected chi connectivity index (χ3v) is 7.20. The van der Waals surface area contributed by atoms with E-state index in [2.05, 4.69) is 12.1 Å². The van der Waals surface area contributed by atoms with E-state index in [0.29, 0.717) is 33.6 Å². The van der Waals surface area contributed by atoms with Gasteiger partial charge in [-0.05, 0) is 36.8 Å². The lowest BCUT2D eigenvalue weighted by Gasteiger charge is -2.22. The van der Waals surface area contributed by atoms with Gasteiger partial charge in [-0.1, -0.05) is 42.5 Å². The fourth-order valence-corrected chi connectivity index (χ4v) is 5.22. The van der Waals surface area contributed by atoms with Gasteiger partial charge in [-0.25, -0.2) is 9.78 Å². The number of ether oxygens (including phenoxy) is 4. The monoisotopic (exact) mass is 548 g/mol. The zero-order valence-corrected chi connectivity index (χ0v) is 23.4. The molecule has 0 saturated carbocycles. The fraction of sp³-hybridized carbons (Fsp3) is 0.300. The minimum atomic E-state index is -0.435. The van der Waals surface area contributed by atoms with E-state index in [-0.39, 0.29) is 32.3 Å². The molecule has 4 aromatic rings. The normalized spacial score (nSPS) is 11.0. The Morgan fingerprint density at radius 3 is 2.36 bits per heavy atom. The molecule has 0 aliphatic heterocycles. The second kappa shape index (κ2) is 13.2. The summed E-state index contributed by atoms with van der Waals surface area (Å²) in [6.45, 7) is 4.65. The Bertz CT molecular complexity index is 1450. The van der Waals surface area contributed by atoms with E-state index in [1.165, 1.54) is 11.3 Å². The molecule has 1 heterocycles. The molecule has 3 aromatic carbocycles. The van der Waals surface area contributed by atoms with Crippen LogP contribution in [0.2, 0.25) is 0 Å². The number of thiazole rings is 1. The molecule has 9 heteroatoms. The summed E-state index contributed by atoms with van der Waals surface area (Å²) in [5.41, 5.74) is 2.30. The summed E-state index contributed by atoms with van der Waals surface area (Å²) in [5, 5.41) is 2.91. The molecule has 39 heavy (non-hydrogen) atoms. The molecule has 8 nitrogen and oxygen atoms in total. The molecule has 4 rings (SSSR count). The van der Waals surface area contributed by atoms with Crippen molar-refractivity contribution < 1.29 is 28.5 Å². The number of methoxy groups -OCH3 is 2. The van der Waals surface area contributed by atoms with Crippen LogP contribution in [-0.4, -0.2) is 55.8 Å². The second-order valence-electron chi connectivity index (χ2n) is 8.71. The molecule has 0 aliphatic rings. The average molecular weight is 549 g/mol. The Labute approximate surface area is 232 Å². The Balaban J connectivity index is 1.70. The summed E-state index contributed by atoms with van der Waals surface area (Å²) in [6.07, 6.45) is 0. The minimum Gasteiger partial charge on any atom is -0.497 e. The van der Waals surface area contributed by atoms with E-state index in [1.54, 1.807) is 34.1 Å². The molecule has 0 saturated heterocycles. The average Bonchev–Trinajstić information content (AvgIpc) is 3.37. The lowest BCUT2D eigenvalue weighted by atomic mass is 10.1. The van der Waals surface area contributed by atoms with Gasteiger partial charge in [-0.15, -0.1) is 11.3 Å². The number of fused-ring (bicyclic) bond motifs is 1. The van der Waals surface area contributed by atoms with Crippen molar-refractivity contribution in [2.24, 2.45) is 0 Å². The minimum absolute atomic E-state index is 0.00806. The molecular weight excluding hydrogens is 516 g/mol. The van der Waals surface area contributed by atoms with Gasteiger partial charge in [0.15, 0.2) is 0 Å². The zero-order chi connectivity index (χ0) is 27.8. The SMILES string of the molecule is CCOC(=O)CN(Cc1ccc(OC)cc1OC)Cc1nc(-c2ccc3ccccc3c2)sc1C(=O)OCC. The van der Waals surface area contributed by atoms with Crippen LogP contribution in [0.25, 0.3) is 21.3 Å². The molecule has 0 atom stereocenters. The summed E-state index contributed by atoms with van der Waals surface area (Å²) in [4.78, 5) is 32.7. The van der Waals surface area contributed by atoms with E-state index < -0.39 is 5.97 Å². The van der Waals surface area contributed by atoms with E-state index in [9.17, 15) is 9.59 Å². The molecule has 0 spiro atoms. The van der Waals surface area contributed by atoms with Crippen LogP contribution in [0.3, 0.4) is 0 Å². The predicted molar refractivity (Wildman–Crippen MR) is 151 cm³/mol. The van der Waals surface area contributed by atoms with Gasteiger partial charge in [0.2, 0.25) is 0 Å². The first kappa shape index (κ1) is 28.1. The summed E-state index contributed by atoms with van der Waals surface area (Å²) in [6, 6.07) is 19.7. The van der Waals surface area contributed by atoms with Gasteiger partial charge in [0.1, 0.15) is 21.4 Å². The molecule has 0 aliphatic carbocycles. The van der Waals surface area contributed by atoms with Crippen molar-refractivity contribution in [3.8, 4) is 22.1 Å². The fourth-order valence-electron chi connectivity index (χ4n) is 4.25. The van der Waals surface area contributed by atoms with Gasteiger partial charge >= 0.3 is 11.9 Å². The Kier molecular flexibility index (Phi) is 9.51. The highest BCUT2D eigenvalue weighted by atomic mass is 32.1. The highest BCUT2D eigenvalue weighted by molar-refractivity contribution is 7.17.